The molecule has 86 valence electrons. The SMILES string of the molecule is NC(=O)CN1CCC(CN2CCCC2)C1. The van der Waals surface area contributed by atoms with Crippen LogP contribution < -0.4 is 5.73 Å². The molecule has 2 N–H and O–H groups in total. The van der Waals surface area contributed by atoms with E-state index in [0.717, 1.165) is 19.0 Å². The van der Waals surface area contributed by atoms with Gasteiger partial charge < -0.3 is 10.6 Å². The Kier molecular flexibility index (Phi) is 3.59. The predicted molar refractivity (Wildman–Crippen MR) is 59.4 cm³/mol. The van der Waals surface area contributed by atoms with Gasteiger partial charge in [0.1, 0.15) is 0 Å². The highest BCUT2D eigenvalue weighted by atomic mass is 16.1. The van der Waals surface area contributed by atoms with Crippen molar-refractivity contribution >= 4 is 5.91 Å². The number of carbonyl (C=O) groups is 1. The van der Waals surface area contributed by atoms with Gasteiger partial charge in [-0.15, -0.1) is 0 Å². The average molecular weight is 211 g/mol. The summed E-state index contributed by atoms with van der Waals surface area (Å²) in [5, 5.41) is 0. The highest BCUT2D eigenvalue weighted by molar-refractivity contribution is 5.75. The van der Waals surface area contributed by atoms with Crippen molar-refractivity contribution in [2.24, 2.45) is 11.7 Å². The summed E-state index contributed by atoms with van der Waals surface area (Å²) < 4.78 is 0. The molecule has 2 heterocycles. The molecular weight excluding hydrogens is 190 g/mol. The first-order valence-electron chi connectivity index (χ1n) is 5.97. The van der Waals surface area contributed by atoms with E-state index < -0.39 is 0 Å². The Balaban J connectivity index is 1.70. The number of likely N-dealkylation sites (tertiary alicyclic amines) is 2. The molecule has 0 aromatic carbocycles. The van der Waals surface area contributed by atoms with Crippen LogP contribution in [0.3, 0.4) is 0 Å². The summed E-state index contributed by atoms with van der Waals surface area (Å²) in [4.78, 5) is 15.5. The van der Waals surface area contributed by atoms with Gasteiger partial charge in [-0.3, -0.25) is 9.69 Å². The molecular formula is C11H21N3O. The summed E-state index contributed by atoms with van der Waals surface area (Å²) in [6.45, 7) is 6.30. The first-order chi connectivity index (χ1) is 7.24. The Morgan fingerprint density at radius 1 is 1.20 bits per heavy atom. The van der Waals surface area contributed by atoms with Crippen LogP contribution in [0.1, 0.15) is 19.3 Å². The lowest BCUT2D eigenvalue weighted by Crippen LogP contribution is -2.33. The zero-order valence-corrected chi connectivity index (χ0v) is 9.32. The van der Waals surface area contributed by atoms with Crippen molar-refractivity contribution in [3.8, 4) is 0 Å². The maximum Gasteiger partial charge on any atom is 0.231 e. The smallest absolute Gasteiger partial charge is 0.231 e. The van der Waals surface area contributed by atoms with Crippen molar-refractivity contribution in [3.05, 3.63) is 0 Å². The molecule has 0 spiro atoms. The van der Waals surface area contributed by atoms with Crippen molar-refractivity contribution < 1.29 is 4.79 Å². The lowest BCUT2D eigenvalue weighted by Gasteiger charge is -2.20. The van der Waals surface area contributed by atoms with Crippen LogP contribution in [-0.2, 0) is 4.79 Å². The lowest BCUT2D eigenvalue weighted by atomic mass is 10.1. The molecule has 4 heteroatoms. The van der Waals surface area contributed by atoms with E-state index in [1.807, 2.05) is 0 Å². The van der Waals surface area contributed by atoms with Crippen LogP contribution in [0.15, 0.2) is 0 Å². The van der Waals surface area contributed by atoms with E-state index in [1.54, 1.807) is 0 Å². The lowest BCUT2D eigenvalue weighted by molar-refractivity contribution is -0.118. The number of hydrogen-bond donors (Lipinski definition) is 1. The third kappa shape index (κ3) is 3.18. The first-order valence-corrected chi connectivity index (χ1v) is 5.97. The highest BCUT2D eigenvalue weighted by Crippen LogP contribution is 2.19. The maximum atomic E-state index is 10.8. The van der Waals surface area contributed by atoms with Crippen LogP contribution in [0.5, 0.6) is 0 Å². The molecule has 0 aliphatic carbocycles. The molecule has 2 fully saturated rings. The summed E-state index contributed by atoms with van der Waals surface area (Å²) in [5.74, 6) is 0.555. The molecule has 0 aromatic rings. The predicted octanol–water partition coefficient (Wildman–Crippen LogP) is -0.111. The number of rotatable bonds is 4. The van der Waals surface area contributed by atoms with Crippen molar-refractivity contribution in [3.63, 3.8) is 0 Å². The summed E-state index contributed by atoms with van der Waals surface area (Å²) in [7, 11) is 0. The monoisotopic (exact) mass is 211 g/mol. The first kappa shape index (κ1) is 10.9. The Morgan fingerprint density at radius 2 is 1.93 bits per heavy atom. The van der Waals surface area contributed by atoms with E-state index in [2.05, 4.69) is 9.80 Å². The molecule has 0 saturated carbocycles. The maximum absolute atomic E-state index is 10.8. The van der Waals surface area contributed by atoms with Gasteiger partial charge in [0.25, 0.3) is 0 Å². The molecule has 1 unspecified atom stereocenters. The number of primary amides is 1. The van der Waals surface area contributed by atoms with Crippen molar-refractivity contribution in [1.29, 1.82) is 0 Å². The zero-order chi connectivity index (χ0) is 10.7. The van der Waals surface area contributed by atoms with Gasteiger partial charge in [-0.1, -0.05) is 0 Å². The standard InChI is InChI=1S/C11H21N3O/c12-11(15)9-14-6-3-10(8-14)7-13-4-1-2-5-13/h10H,1-9H2,(H2,12,15). The minimum Gasteiger partial charge on any atom is -0.369 e. The molecule has 0 radical (unpaired) electrons. The number of hydrogen-bond acceptors (Lipinski definition) is 3. The Morgan fingerprint density at radius 3 is 2.60 bits per heavy atom. The van der Waals surface area contributed by atoms with Gasteiger partial charge >= 0.3 is 0 Å². The van der Waals surface area contributed by atoms with Gasteiger partial charge in [-0.25, -0.2) is 0 Å². The van der Waals surface area contributed by atoms with Crippen molar-refractivity contribution in [2.75, 3.05) is 39.3 Å². The minimum atomic E-state index is -0.197. The second kappa shape index (κ2) is 4.94. The fourth-order valence-electron chi connectivity index (χ4n) is 2.76. The van der Waals surface area contributed by atoms with Gasteiger partial charge in [-0.2, -0.15) is 0 Å². The van der Waals surface area contributed by atoms with E-state index in [0.29, 0.717) is 6.54 Å². The number of carbonyl (C=O) groups excluding carboxylic acids is 1. The normalized spacial score (nSPS) is 28.7. The molecule has 15 heavy (non-hydrogen) atoms. The van der Waals surface area contributed by atoms with E-state index in [9.17, 15) is 4.79 Å². The van der Waals surface area contributed by atoms with Crippen molar-refractivity contribution in [1.82, 2.24) is 9.80 Å². The fraction of sp³-hybridized carbons (Fsp3) is 0.909. The molecule has 0 aromatic heterocycles. The van der Waals surface area contributed by atoms with E-state index in [4.69, 9.17) is 5.73 Å². The second-order valence-electron chi connectivity index (χ2n) is 4.86. The van der Waals surface area contributed by atoms with Gasteiger partial charge in [0, 0.05) is 13.1 Å². The summed E-state index contributed by atoms with van der Waals surface area (Å²) >= 11 is 0. The number of nitrogens with zero attached hydrogens (tertiary/aromatic N) is 2. The molecule has 1 amide bonds. The number of amides is 1. The Hall–Kier alpha value is -0.610. The van der Waals surface area contributed by atoms with Crippen LogP contribution in [0.25, 0.3) is 0 Å². The number of nitrogens with two attached hydrogens (primary N) is 1. The van der Waals surface area contributed by atoms with E-state index in [1.165, 1.54) is 38.9 Å². The van der Waals surface area contributed by atoms with Crippen LogP contribution in [0.4, 0.5) is 0 Å². The molecule has 2 aliphatic rings. The zero-order valence-electron chi connectivity index (χ0n) is 9.32. The minimum absolute atomic E-state index is 0.197. The van der Waals surface area contributed by atoms with E-state index >= 15 is 0 Å². The quantitative estimate of drug-likeness (QED) is 0.706. The van der Waals surface area contributed by atoms with Crippen LogP contribution in [-0.4, -0.2) is 55.0 Å². The van der Waals surface area contributed by atoms with Gasteiger partial charge in [0.15, 0.2) is 0 Å². The van der Waals surface area contributed by atoms with Gasteiger partial charge in [-0.05, 0) is 44.8 Å². The van der Waals surface area contributed by atoms with Gasteiger partial charge in [0.05, 0.1) is 6.54 Å². The fourth-order valence-corrected chi connectivity index (χ4v) is 2.76. The van der Waals surface area contributed by atoms with Crippen molar-refractivity contribution in [2.45, 2.75) is 19.3 Å². The second-order valence-corrected chi connectivity index (χ2v) is 4.86. The topological polar surface area (TPSA) is 49.6 Å². The largest absolute Gasteiger partial charge is 0.369 e. The van der Waals surface area contributed by atoms with E-state index in [-0.39, 0.29) is 5.91 Å². The van der Waals surface area contributed by atoms with Crippen LogP contribution in [0.2, 0.25) is 0 Å². The van der Waals surface area contributed by atoms with Crippen LogP contribution in [0, 0.1) is 5.92 Å². The molecule has 2 rings (SSSR count). The van der Waals surface area contributed by atoms with Gasteiger partial charge in [0.2, 0.25) is 5.91 Å². The summed E-state index contributed by atoms with van der Waals surface area (Å²) in [6.07, 6.45) is 3.94. The molecule has 4 nitrogen and oxygen atoms in total. The molecule has 2 aliphatic heterocycles. The molecule has 2 saturated heterocycles. The summed E-state index contributed by atoms with van der Waals surface area (Å²) in [6, 6.07) is 0. The third-order valence-electron chi connectivity index (χ3n) is 3.46. The highest BCUT2D eigenvalue weighted by Gasteiger charge is 2.25. The molecule has 0 bridgehead atoms. The summed E-state index contributed by atoms with van der Waals surface area (Å²) in [5.41, 5.74) is 5.19. The van der Waals surface area contributed by atoms with Crippen LogP contribution >= 0.6 is 0 Å². The Bertz CT molecular complexity index is 226. The third-order valence-corrected chi connectivity index (χ3v) is 3.46. The molecule has 1 atom stereocenters. The Labute approximate surface area is 91.4 Å². The average Bonchev–Trinajstić information content (AvgIpc) is 2.77.